The summed E-state index contributed by atoms with van der Waals surface area (Å²) >= 11 is 0. The van der Waals surface area contributed by atoms with Gasteiger partial charge in [-0.2, -0.15) is 0 Å². The first kappa shape index (κ1) is 11.1. The minimum absolute atomic E-state index is 0.0798. The number of nitrogens with one attached hydrogen (secondary N) is 1. The van der Waals surface area contributed by atoms with Crippen molar-refractivity contribution in [2.75, 3.05) is 5.73 Å². The van der Waals surface area contributed by atoms with Crippen molar-refractivity contribution in [2.24, 2.45) is 0 Å². The van der Waals surface area contributed by atoms with Crippen LogP contribution in [0.25, 0.3) is 11.1 Å². The van der Waals surface area contributed by atoms with Crippen LogP contribution in [0.3, 0.4) is 0 Å². The fourth-order valence-electron chi connectivity index (χ4n) is 1.51. The van der Waals surface area contributed by atoms with Crippen molar-refractivity contribution < 1.29 is 10.0 Å². The van der Waals surface area contributed by atoms with E-state index >= 15 is 0 Å². The molecule has 1 aromatic carbocycles. The number of pyridine rings is 1. The van der Waals surface area contributed by atoms with Crippen LogP contribution in [-0.2, 0) is 0 Å². The summed E-state index contributed by atoms with van der Waals surface area (Å²) in [5, 5.41) is 8.59. The molecule has 17 heavy (non-hydrogen) atoms. The van der Waals surface area contributed by atoms with Crippen LogP contribution in [-0.4, -0.2) is 16.1 Å². The molecule has 0 aliphatic rings. The van der Waals surface area contributed by atoms with E-state index in [0.717, 1.165) is 11.1 Å². The number of hydrogen-bond acceptors (Lipinski definition) is 4. The molecule has 1 aromatic heterocycles. The molecular weight excluding hydrogens is 218 g/mol. The average molecular weight is 229 g/mol. The molecule has 4 N–H and O–H groups in total. The molecule has 2 aromatic rings. The van der Waals surface area contributed by atoms with Gasteiger partial charge in [-0.15, -0.1) is 0 Å². The maximum Gasteiger partial charge on any atom is 0.278 e. The van der Waals surface area contributed by atoms with E-state index in [1.165, 1.54) is 0 Å². The Kier molecular flexibility index (Phi) is 3.02. The van der Waals surface area contributed by atoms with Crippen LogP contribution in [0.1, 0.15) is 10.4 Å². The number of anilines is 1. The van der Waals surface area contributed by atoms with E-state index in [4.69, 9.17) is 10.9 Å². The largest absolute Gasteiger partial charge is 0.383 e. The zero-order chi connectivity index (χ0) is 12.3. The first-order chi connectivity index (χ1) is 8.22. The summed E-state index contributed by atoms with van der Waals surface area (Å²) in [6, 6.07) is 11.1. The fraction of sp³-hybridized carbons (Fsp3) is 0. The molecule has 0 saturated heterocycles. The molecule has 2 rings (SSSR count). The molecule has 0 saturated carbocycles. The van der Waals surface area contributed by atoms with Crippen molar-refractivity contribution in [2.45, 2.75) is 0 Å². The van der Waals surface area contributed by atoms with E-state index in [1.54, 1.807) is 17.7 Å². The van der Waals surface area contributed by atoms with E-state index in [9.17, 15) is 4.79 Å². The Bertz CT molecular complexity index is 541. The lowest BCUT2D eigenvalue weighted by atomic mass is 10.1. The highest BCUT2D eigenvalue weighted by Crippen LogP contribution is 2.21. The Balaban J connectivity index is 2.48. The number of hydrogen-bond donors (Lipinski definition) is 3. The lowest BCUT2D eigenvalue weighted by molar-refractivity contribution is 0.0707. The smallest absolute Gasteiger partial charge is 0.278 e. The normalized spacial score (nSPS) is 9.94. The number of carbonyl (C=O) groups excluding carboxylic acids is 1. The summed E-state index contributed by atoms with van der Waals surface area (Å²) in [6.45, 7) is 0. The van der Waals surface area contributed by atoms with Crippen LogP contribution < -0.4 is 11.2 Å². The van der Waals surface area contributed by atoms with Crippen molar-refractivity contribution in [1.29, 1.82) is 0 Å². The van der Waals surface area contributed by atoms with Gasteiger partial charge in [-0.05, 0) is 11.6 Å². The standard InChI is InChI=1S/C12H11N3O2/c13-11-10(12(16)15-17)6-9(7-14-11)8-4-2-1-3-5-8/h1-7,17H,(H2,13,14)(H,15,16). The van der Waals surface area contributed by atoms with Gasteiger partial charge in [0.2, 0.25) is 0 Å². The molecule has 0 aliphatic carbocycles. The van der Waals surface area contributed by atoms with E-state index in [1.807, 2.05) is 30.3 Å². The highest BCUT2D eigenvalue weighted by molar-refractivity contribution is 5.98. The minimum atomic E-state index is -0.673. The second-order valence-electron chi connectivity index (χ2n) is 3.46. The van der Waals surface area contributed by atoms with Crippen LogP contribution in [0.15, 0.2) is 42.6 Å². The molecule has 0 fully saturated rings. The number of nitrogens with zero attached hydrogens (tertiary/aromatic N) is 1. The van der Waals surface area contributed by atoms with Crippen LogP contribution >= 0.6 is 0 Å². The summed E-state index contributed by atoms with van der Waals surface area (Å²) in [4.78, 5) is 15.3. The minimum Gasteiger partial charge on any atom is -0.383 e. The van der Waals surface area contributed by atoms with Crippen molar-refractivity contribution in [3.8, 4) is 11.1 Å². The summed E-state index contributed by atoms with van der Waals surface area (Å²) in [6.07, 6.45) is 1.58. The maximum atomic E-state index is 11.3. The molecule has 86 valence electrons. The molecule has 0 spiro atoms. The number of amides is 1. The monoisotopic (exact) mass is 229 g/mol. The predicted molar refractivity (Wildman–Crippen MR) is 63.3 cm³/mol. The second-order valence-corrected chi connectivity index (χ2v) is 3.46. The van der Waals surface area contributed by atoms with Gasteiger partial charge in [0.25, 0.3) is 5.91 Å². The number of nitrogen functional groups attached to an aromatic ring is 1. The fourth-order valence-corrected chi connectivity index (χ4v) is 1.51. The van der Waals surface area contributed by atoms with Crippen molar-refractivity contribution in [1.82, 2.24) is 10.5 Å². The first-order valence-corrected chi connectivity index (χ1v) is 4.97. The Morgan fingerprint density at radius 2 is 1.94 bits per heavy atom. The average Bonchev–Trinajstić information content (AvgIpc) is 2.39. The molecule has 5 nitrogen and oxygen atoms in total. The number of hydroxylamine groups is 1. The van der Waals surface area contributed by atoms with Gasteiger partial charge in [0.05, 0.1) is 5.56 Å². The van der Waals surface area contributed by atoms with Gasteiger partial charge in [0.1, 0.15) is 5.82 Å². The number of carbonyl (C=O) groups is 1. The van der Waals surface area contributed by atoms with Gasteiger partial charge >= 0.3 is 0 Å². The van der Waals surface area contributed by atoms with Gasteiger partial charge in [0, 0.05) is 11.8 Å². The topological polar surface area (TPSA) is 88.2 Å². The quantitative estimate of drug-likeness (QED) is 0.537. The van der Waals surface area contributed by atoms with Gasteiger partial charge in [-0.1, -0.05) is 30.3 Å². The highest BCUT2D eigenvalue weighted by Gasteiger charge is 2.11. The number of nitrogens with two attached hydrogens (primary N) is 1. The number of benzene rings is 1. The van der Waals surface area contributed by atoms with E-state index < -0.39 is 5.91 Å². The number of aromatic nitrogens is 1. The third-order valence-corrected chi connectivity index (χ3v) is 2.37. The van der Waals surface area contributed by atoms with E-state index in [2.05, 4.69) is 4.98 Å². The van der Waals surface area contributed by atoms with Crippen molar-refractivity contribution in [3.63, 3.8) is 0 Å². The van der Waals surface area contributed by atoms with Gasteiger partial charge in [0.15, 0.2) is 0 Å². The Morgan fingerprint density at radius 1 is 1.24 bits per heavy atom. The molecule has 0 aliphatic heterocycles. The summed E-state index contributed by atoms with van der Waals surface area (Å²) in [5.41, 5.74) is 8.94. The first-order valence-electron chi connectivity index (χ1n) is 4.97. The molecular formula is C12H11N3O2. The summed E-state index contributed by atoms with van der Waals surface area (Å²) in [7, 11) is 0. The zero-order valence-corrected chi connectivity index (χ0v) is 8.92. The van der Waals surface area contributed by atoms with Crippen LogP contribution in [0.5, 0.6) is 0 Å². The lowest BCUT2D eigenvalue weighted by Crippen LogP contribution is -2.20. The molecule has 0 atom stereocenters. The molecule has 0 radical (unpaired) electrons. The maximum absolute atomic E-state index is 11.3. The Labute approximate surface area is 97.9 Å². The molecule has 0 unspecified atom stereocenters. The zero-order valence-electron chi connectivity index (χ0n) is 8.92. The van der Waals surface area contributed by atoms with Gasteiger partial charge in [-0.3, -0.25) is 10.0 Å². The Hall–Kier alpha value is -2.40. The molecule has 0 bridgehead atoms. The third-order valence-electron chi connectivity index (χ3n) is 2.37. The highest BCUT2D eigenvalue weighted by atomic mass is 16.5. The van der Waals surface area contributed by atoms with Crippen LogP contribution in [0.4, 0.5) is 5.82 Å². The van der Waals surface area contributed by atoms with E-state index in [0.29, 0.717) is 0 Å². The lowest BCUT2D eigenvalue weighted by Gasteiger charge is -2.06. The summed E-state index contributed by atoms with van der Waals surface area (Å²) < 4.78 is 0. The van der Waals surface area contributed by atoms with Crippen LogP contribution in [0.2, 0.25) is 0 Å². The van der Waals surface area contributed by atoms with Crippen LogP contribution in [0, 0.1) is 0 Å². The SMILES string of the molecule is Nc1ncc(-c2ccccc2)cc1C(=O)NO. The Morgan fingerprint density at radius 3 is 2.59 bits per heavy atom. The second kappa shape index (κ2) is 4.63. The van der Waals surface area contributed by atoms with Crippen molar-refractivity contribution >= 4 is 11.7 Å². The molecule has 1 heterocycles. The van der Waals surface area contributed by atoms with Crippen molar-refractivity contribution in [3.05, 3.63) is 48.2 Å². The van der Waals surface area contributed by atoms with E-state index in [-0.39, 0.29) is 11.4 Å². The molecule has 5 heteroatoms. The predicted octanol–water partition coefficient (Wildman–Crippen LogP) is 1.45. The molecule has 1 amide bonds. The van der Waals surface area contributed by atoms with Gasteiger partial charge < -0.3 is 5.73 Å². The van der Waals surface area contributed by atoms with Gasteiger partial charge in [-0.25, -0.2) is 10.5 Å². The third kappa shape index (κ3) is 2.24. The number of rotatable bonds is 2. The summed E-state index contributed by atoms with van der Waals surface area (Å²) in [5.74, 6) is -0.594.